The maximum Gasteiger partial charge on any atom is 0.289 e. The summed E-state index contributed by atoms with van der Waals surface area (Å²) in [5.74, 6) is 0.275. The van der Waals surface area contributed by atoms with Crippen LogP contribution in [0.5, 0.6) is 5.75 Å². The molecule has 0 amide bonds. The van der Waals surface area contributed by atoms with Gasteiger partial charge in [0.2, 0.25) is 0 Å². The number of carbonyl (C=O) groups excluding carboxylic acids is 1. The lowest BCUT2D eigenvalue weighted by Gasteiger charge is -2.06. The van der Waals surface area contributed by atoms with E-state index in [4.69, 9.17) is 4.74 Å². The van der Waals surface area contributed by atoms with Gasteiger partial charge in [0, 0.05) is 5.69 Å². The Morgan fingerprint density at radius 3 is 2.59 bits per heavy atom. The number of methoxy groups -OCH3 is 1. The summed E-state index contributed by atoms with van der Waals surface area (Å²) >= 11 is 0. The highest BCUT2D eigenvalue weighted by atomic mass is 16.5. The standard InChI is InChI=1S/C17H17N3O2/c1-11-5-6-14(9-16(11)22-4)8-15(10-18)17(21)20-13(3)7-12(2)19-20/h5-9H,1-4H3/b15-8+. The molecule has 0 spiro atoms. The van der Waals surface area contributed by atoms with Gasteiger partial charge in [0.25, 0.3) is 5.91 Å². The summed E-state index contributed by atoms with van der Waals surface area (Å²) in [6.45, 7) is 5.51. The summed E-state index contributed by atoms with van der Waals surface area (Å²) in [4.78, 5) is 12.4. The SMILES string of the molecule is COc1cc(/C=C(\C#N)C(=O)n2nc(C)cc2C)ccc1C. The minimum Gasteiger partial charge on any atom is -0.496 e. The van der Waals surface area contributed by atoms with E-state index in [1.165, 1.54) is 4.68 Å². The van der Waals surface area contributed by atoms with Crippen molar-refractivity contribution < 1.29 is 9.53 Å². The molecule has 2 aromatic rings. The van der Waals surface area contributed by atoms with E-state index in [0.717, 1.165) is 16.8 Å². The molecule has 0 radical (unpaired) electrons. The van der Waals surface area contributed by atoms with Crippen LogP contribution in [-0.2, 0) is 0 Å². The van der Waals surface area contributed by atoms with Crippen LogP contribution in [0.15, 0.2) is 29.8 Å². The highest BCUT2D eigenvalue weighted by Gasteiger charge is 2.15. The number of aryl methyl sites for hydroxylation is 3. The van der Waals surface area contributed by atoms with Crippen LogP contribution < -0.4 is 4.74 Å². The lowest BCUT2D eigenvalue weighted by molar-refractivity contribution is 0.0943. The molecule has 1 heterocycles. The van der Waals surface area contributed by atoms with E-state index in [-0.39, 0.29) is 5.57 Å². The first-order valence-electron chi connectivity index (χ1n) is 6.80. The molecule has 1 aromatic carbocycles. The fourth-order valence-electron chi connectivity index (χ4n) is 2.18. The topological polar surface area (TPSA) is 67.9 Å². The van der Waals surface area contributed by atoms with Crippen LogP contribution >= 0.6 is 0 Å². The second kappa shape index (κ2) is 6.27. The molecule has 0 aliphatic rings. The predicted octanol–water partition coefficient (Wildman–Crippen LogP) is 3.06. The van der Waals surface area contributed by atoms with Crippen LogP contribution in [0, 0.1) is 32.1 Å². The van der Waals surface area contributed by atoms with Crippen molar-refractivity contribution in [3.8, 4) is 11.8 Å². The fourth-order valence-corrected chi connectivity index (χ4v) is 2.18. The molecular formula is C17H17N3O2. The van der Waals surface area contributed by atoms with Gasteiger partial charge in [-0.15, -0.1) is 0 Å². The minimum absolute atomic E-state index is 0.0251. The van der Waals surface area contributed by atoms with Crippen LogP contribution in [0.1, 0.15) is 27.3 Å². The summed E-state index contributed by atoms with van der Waals surface area (Å²) in [7, 11) is 1.59. The maximum absolute atomic E-state index is 12.4. The zero-order chi connectivity index (χ0) is 16.3. The number of nitrogens with zero attached hydrogens (tertiary/aromatic N) is 3. The van der Waals surface area contributed by atoms with Crippen LogP contribution in [0.3, 0.4) is 0 Å². The summed E-state index contributed by atoms with van der Waals surface area (Å²) in [5.41, 5.74) is 3.18. The van der Waals surface area contributed by atoms with E-state index in [9.17, 15) is 10.1 Å². The Hall–Kier alpha value is -2.87. The first-order valence-corrected chi connectivity index (χ1v) is 6.80. The average Bonchev–Trinajstić information content (AvgIpc) is 2.84. The quantitative estimate of drug-likeness (QED) is 0.644. The summed E-state index contributed by atoms with van der Waals surface area (Å²) in [6, 6.07) is 9.25. The molecule has 2 rings (SSSR count). The second-order valence-electron chi connectivity index (χ2n) is 5.04. The highest BCUT2D eigenvalue weighted by Crippen LogP contribution is 2.21. The molecule has 0 N–H and O–H groups in total. The zero-order valence-electron chi connectivity index (χ0n) is 13.0. The average molecular weight is 295 g/mol. The Bertz CT molecular complexity index is 795. The van der Waals surface area contributed by atoms with Gasteiger partial charge < -0.3 is 4.74 Å². The third-order valence-corrected chi connectivity index (χ3v) is 3.30. The number of nitriles is 1. The van der Waals surface area contributed by atoms with Crippen molar-refractivity contribution in [2.45, 2.75) is 20.8 Å². The van der Waals surface area contributed by atoms with Crippen molar-refractivity contribution in [2.75, 3.05) is 7.11 Å². The van der Waals surface area contributed by atoms with Crippen molar-refractivity contribution in [2.24, 2.45) is 0 Å². The third-order valence-electron chi connectivity index (χ3n) is 3.30. The summed E-state index contributed by atoms with van der Waals surface area (Å²) < 4.78 is 6.50. The van der Waals surface area contributed by atoms with Gasteiger partial charge in [0.1, 0.15) is 17.4 Å². The number of hydrogen-bond acceptors (Lipinski definition) is 4. The van der Waals surface area contributed by atoms with Gasteiger partial charge in [-0.05, 0) is 50.1 Å². The Labute approximate surface area is 129 Å². The molecule has 112 valence electrons. The Balaban J connectivity index is 2.42. The number of rotatable bonds is 3. The van der Waals surface area contributed by atoms with Gasteiger partial charge in [0.15, 0.2) is 0 Å². The van der Waals surface area contributed by atoms with Gasteiger partial charge in [-0.3, -0.25) is 4.79 Å². The van der Waals surface area contributed by atoms with Crippen LogP contribution in [0.4, 0.5) is 0 Å². The van der Waals surface area contributed by atoms with Crippen molar-refractivity contribution in [3.05, 3.63) is 52.4 Å². The Morgan fingerprint density at radius 1 is 1.32 bits per heavy atom. The second-order valence-corrected chi connectivity index (χ2v) is 5.04. The smallest absolute Gasteiger partial charge is 0.289 e. The van der Waals surface area contributed by atoms with Gasteiger partial charge in [0.05, 0.1) is 12.8 Å². The number of benzene rings is 1. The predicted molar refractivity (Wildman–Crippen MR) is 83.6 cm³/mol. The number of ether oxygens (including phenoxy) is 1. The van der Waals surface area contributed by atoms with E-state index in [0.29, 0.717) is 11.4 Å². The lowest BCUT2D eigenvalue weighted by atomic mass is 10.1. The first-order chi connectivity index (χ1) is 10.5. The van der Waals surface area contributed by atoms with Gasteiger partial charge >= 0.3 is 0 Å². The number of allylic oxidation sites excluding steroid dienone is 1. The van der Waals surface area contributed by atoms with Crippen LogP contribution in [0.2, 0.25) is 0 Å². The largest absolute Gasteiger partial charge is 0.496 e. The monoisotopic (exact) mass is 295 g/mol. The van der Waals surface area contributed by atoms with Crippen molar-refractivity contribution in [1.82, 2.24) is 9.78 Å². The van der Waals surface area contributed by atoms with E-state index in [2.05, 4.69) is 5.10 Å². The molecule has 0 unspecified atom stereocenters. The minimum atomic E-state index is -0.437. The maximum atomic E-state index is 12.4. The van der Waals surface area contributed by atoms with Crippen molar-refractivity contribution in [1.29, 1.82) is 5.26 Å². The molecule has 0 saturated heterocycles. The van der Waals surface area contributed by atoms with Crippen LogP contribution in [-0.4, -0.2) is 22.8 Å². The first kappa shape index (κ1) is 15.5. The molecule has 5 nitrogen and oxygen atoms in total. The van der Waals surface area contributed by atoms with E-state index in [1.54, 1.807) is 39.2 Å². The Kier molecular flexibility index (Phi) is 4.42. The van der Waals surface area contributed by atoms with E-state index in [1.807, 2.05) is 25.1 Å². The normalized spacial score (nSPS) is 11.1. The molecule has 0 aliphatic carbocycles. The number of aromatic nitrogens is 2. The van der Waals surface area contributed by atoms with Crippen molar-refractivity contribution >= 4 is 12.0 Å². The molecule has 0 aliphatic heterocycles. The van der Waals surface area contributed by atoms with E-state index < -0.39 is 5.91 Å². The van der Waals surface area contributed by atoms with Gasteiger partial charge in [-0.25, -0.2) is 4.68 Å². The molecule has 5 heteroatoms. The van der Waals surface area contributed by atoms with Gasteiger partial charge in [-0.1, -0.05) is 12.1 Å². The molecule has 0 fully saturated rings. The molecule has 22 heavy (non-hydrogen) atoms. The van der Waals surface area contributed by atoms with Crippen LogP contribution in [0.25, 0.3) is 6.08 Å². The zero-order valence-corrected chi connectivity index (χ0v) is 13.0. The molecule has 1 aromatic heterocycles. The molecule has 0 atom stereocenters. The van der Waals surface area contributed by atoms with Crippen molar-refractivity contribution in [3.63, 3.8) is 0 Å². The summed E-state index contributed by atoms with van der Waals surface area (Å²) in [6.07, 6.45) is 1.54. The number of carbonyl (C=O) groups is 1. The summed E-state index contributed by atoms with van der Waals surface area (Å²) in [5, 5.41) is 13.4. The molecule has 0 bridgehead atoms. The molecule has 0 saturated carbocycles. The van der Waals surface area contributed by atoms with Gasteiger partial charge in [-0.2, -0.15) is 10.4 Å². The number of hydrogen-bond donors (Lipinski definition) is 0. The Morgan fingerprint density at radius 2 is 2.05 bits per heavy atom. The molecular weight excluding hydrogens is 278 g/mol. The third kappa shape index (κ3) is 3.07. The highest BCUT2D eigenvalue weighted by molar-refractivity contribution is 6.03. The lowest BCUT2D eigenvalue weighted by Crippen LogP contribution is -2.15. The fraction of sp³-hybridized carbons (Fsp3) is 0.235. The van der Waals surface area contributed by atoms with E-state index >= 15 is 0 Å².